The lowest BCUT2D eigenvalue weighted by Crippen LogP contribution is -3.12. The number of likely N-dealkylation sites (N-methyl/N-ethyl adjacent to an activating group) is 1. The maximum Gasteiger partial charge on any atom is 0.261 e. The summed E-state index contributed by atoms with van der Waals surface area (Å²) in [6, 6.07) is 12.0. The zero-order chi connectivity index (χ0) is 17.8. The lowest BCUT2D eigenvalue weighted by molar-refractivity contribution is -0.895. The number of hydrogen-bond acceptors (Lipinski definition) is 3. The number of carbonyl (C=O) groups excluding carboxylic acids is 1. The van der Waals surface area contributed by atoms with E-state index in [0.29, 0.717) is 6.54 Å². The van der Waals surface area contributed by atoms with Gasteiger partial charge in [-0.2, -0.15) is 5.10 Å². The molecule has 0 fully saturated rings. The minimum Gasteiger partial charge on any atom is -0.346 e. The standard InChI is InChI=1S/C19H24N4OS/c1-4-22(5-2)12-11-20-18(24)17-13-16-14(3)21-23(19(16)25-17)15-9-7-6-8-10-15/h6-10,13H,4-5,11-12H2,1-3H3,(H,20,24)/p+1. The molecule has 0 saturated carbocycles. The van der Waals surface area contributed by atoms with Crippen LogP contribution >= 0.6 is 11.3 Å². The van der Waals surface area contributed by atoms with Gasteiger partial charge in [-0.25, -0.2) is 4.68 Å². The summed E-state index contributed by atoms with van der Waals surface area (Å²) < 4.78 is 1.92. The number of amides is 1. The number of rotatable bonds is 7. The summed E-state index contributed by atoms with van der Waals surface area (Å²) in [6.45, 7) is 10.2. The summed E-state index contributed by atoms with van der Waals surface area (Å²) in [4.78, 5) is 15.7. The number of quaternary nitrogens is 1. The van der Waals surface area contributed by atoms with Gasteiger partial charge in [0.1, 0.15) is 4.83 Å². The number of benzene rings is 1. The second kappa shape index (κ2) is 7.80. The Morgan fingerprint density at radius 1 is 1.24 bits per heavy atom. The molecule has 1 aromatic carbocycles. The van der Waals surface area contributed by atoms with Crippen LogP contribution in [-0.2, 0) is 0 Å². The van der Waals surface area contributed by atoms with Crippen LogP contribution < -0.4 is 10.2 Å². The normalized spacial score (nSPS) is 11.4. The summed E-state index contributed by atoms with van der Waals surface area (Å²) in [5.41, 5.74) is 1.96. The molecule has 0 bridgehead atoms. The molecule has 0 unspecified atom stereocenters. The molecule has 132 valence electrons. The van der Waals surface area contributed by atoms with Crippen LogP contribution in [-0.4, -0.2) is 41.9 Å². The van der Waals surface area contributed by atoms with Crippen molar-refractivity contribution in [2.24, 2.45) is 0 Å². The third-order valence-corrected chi connectivity index (χ3v) is 5.64. The van der Waals surface area contributed by atoms with Crippen molar-refractivity contribution in [1.82, 2.24) is 15.1 Å². The second-order valence-corrected chi connectivity index (χ2v) is 7.16. The average molecular weight is 358 g/mol. The van der Waals surface area contributed by atoms with Gasteiger partial charge in [0.15, 0.2) is 0 Å². The number of nitrogens with zero attached hydrogens (tertiary/aromatic N) is 2. The molecular weight excluding hydrogens is 332 g/mol. The fraction of sp³-hybridized carbons (Fsp3) is 0.368. The zero-order valence-electron chi connectivity index (χ0n) is 15.0. The molecule has 0 radical (unpaired) electrons. The van der Waals surface area contributed by atoms with Crippen molar-refractivity contribution in [3.8, 4) is 5.69 Å². The van der Waals surface area contributed by atoms with E-state index in [2.05, 4.69) is 24.3 Å². The first-order chi connectivity index (χ1) is 12.1. The van der Waals surface area contributed by atoms with Gasteiger partial charge in [-0.15, -0.1) is 11.3 Å². The summed E-state index contributed by atoms with van der Waals surface area (Å²) in [5, 5.41) is 8.72. The Balaban J connectivity index is 1.78. The number of hydrogen-bond donors (Lipinski definition) is 2. The monoisotopic (exact) mass is 357 g/mol. The third kappa shape index (κ3) is 3.75. The molecule has 25 heavy (non-hydrogen) atoms. The number of nitrogens with one attached hydrogen (secondary N) is 2. The molecule has 0 aliphatic rings. The largest absolute Gasteiger partial charge is 0.346 e. The molecule has 3 rings (SSSR count). The molecule has 2 heterocycles. The maximum atomic E-state index is 12.5. The first kappa shape index (κ1) is 17.6. The van der Waals surface area contributed by atoms with Crippen molar-refractivity contribution in [3.63, 3.8) is 0 Å². The molecule has 0 spiro atoms. The van der Waals surface area contributed by atoms with Crippen LogP contribution in [0.3, 0.4) is 0 Å². The van der Waals surface area contributed by atoms with Gasteiger partial charge in [-0.3, -0.25) is 4.79 Å². The molecule has 0 saturated heterocycles. The number of aryl methyl sites for hydroxylation is 1. The second-order valence-electron chi connectivity index (χ2n) is 6.13. The molecule has 6 heteroatoms. The molecule has 0 aliphatic carbocycles. The Hall–Kier alpha value is -2.18. The summed E-state index contributed by atoms with van der Waals surface area (Å²) in [5.74, 6) is 0.00627. The number of carbonyl (C=O) groups is 1. The van der Waals surface area contributed by atoms with Gasteiger partial charge in [0.25, 0.3) is 5.91 Å². The van der Waals surface area contributed by atoms with Crippen molar-refractivity contribution in [1.29, 1.82) is 0 Å². The highest BCUT2D eigenvalue weighted by molar-refractivity contribution is 7.20. The Morgan fingerprint density at radius 3 is 2.64 bits per heavy atom. The van der Waals surface area contributed by atoms with Crippen molar-refractivity contribution >= 4 is 27.5 Å². The van der Waals surface area contributed by atoms with E-state index in [9.17, 15) is 4.79 Å². The molecule has 0 aliphatic heterocycles. The maximum absolute atomic E-state index is 12.5. The van der Waals surface area contributed by atoms with Crippen molar-refractivity contribution in [2.45, 2.75) is 20.8 Å². The highest BCUT2D eigenvalue weighted by Crippen LogP contribution is 2.30. The van der Waals surface area contributed by atoms with E-state index in [-0.39, 0.29) is 5.91 Å². The van der Waals surface area contributed by atoms with Gasteiger partial charge in [-0.05, 0) is 39.0 Å². The lowest BCUT2D eigenvalue weighted by Gasteiger charge is -2.15. The van der Waals surface area contributed by atoms with E-state index < -0.39 is 0 Å². The topological polar surface area (TPSA) is 51.4 Å². The SMILES string of the molecule is CC[NH+](CC)CCNC(=O)c1cc2c(C)nn(-c3ccccc3)c2s1. The van der Waals surface area contributed by atoms with Gasteiger partial charge in [0.05, 0.1) is 42.4 Å². The van der Waals surface area contributed by atoms with Crippen LogP contribution in [0.1, 0.15) is 29.2 Å². The van der Waals surface area contributed by atoms with Crippen LogP contribution in [0, 0.1) is 6.92 Å². The van der Waals surface area contributed by atoms with Gasteiger partial charge in [0.2, 0.25) is 0 Å². The first-order valence-corrected chi connectivity index (χ1v) is 9.62. The molecule has 2 N–H and O–H groups in total. The van der Waals surface area contributed by atoms with E-state index in [0.717, 1.165) is 46.1 Å². The Kier molecular flexibility index (Phi) is 5.50. The molecule has 1 amide bonds. The number of para-hydroxylation sites is 1. The van der Waals surface area contributed by atoms with Crippen LogP contribution in [0.15, 0.2) is 36.4 Å². The smallest absolute Gasteiger partial charge is 0.261 e. The van der Waals surface area contributed by atoms with Crippen LogP contribution in [0.2, 0.25) is 0 Å². The van der Waals surface area contributed by atoms with Crippen LogP contribution in [0.25, 0.3) is 15.9 Å². The number of fused-ring (bicyclic) bond motifs is 1. The Bertz CT molecular complexity index is 849. The number of aromatic nitrogens is 2. The van der Waals surface area contributed by atoms with Gasteiger partial charge < -0.3 is 10.2 Å². The predicted octanol–water partition coefficient (Wildman–Crippen LogP) is 2.05. The van der Waals surface area contributed by atoms with E-state index in [1.807, 2.05) is 48.0 Å². The first-order valence-electron chi connectivity index (χ1n) is 8.80. The average Bonchev–Trinajstić information content (AvgIpc) is 3.20. The van der Waals surface area contributed by atoms with Crippen molar-refractivity contribution < 1.29 is 9.69 Å². The minimum absolute atomic E-state index is 0.00627. The highest BCUT2D eigenvalue weighted by Gasteiger charge is 2.17. The molecule has 2 aromatic heterocycles. The van der Waals surface area contributed by atoms with E-state index >= 15 is 0 Å². The van der Waals surface area contributed by atoms with Gasteiger partial charge in [0, 0.05) is 5.39 Å². The summed E-state index contributed by atoms with van der Waals surface area (Å²) in [7, 11) is 0. The van der Waals surface area contributed by atoms with E-state index in [1.165, 1.54) is 16.2 Å². The molecule has 0 atom stereocenters. The highest BCUT2D eigenvalue weighted by atomic mass is 32.1. The van der Waals surface area contributed by atoms with Gasteiger partial charge >= 0.3 is 0 Å². The zero-order valence-corrected chi connectivity index (χ0v) is 15.8. The van der Waals surface area contributed by atoms with E-state index in [1.54, 1.807) is 0 Å². The fourth-order valence-corrected chi connectivity index (χ4v) is 4.05. The predicted molar refractivity (Wildman–Crippen MR) is 103 cm³/mol. The van der Waals surface area contributed by atoms with Gasteiger partial charge in [-0.1, -0.05) is 18.2 Å². The van der Waals surface area contributed by atoms with Crippen molar-refractivity contribution in [3.05, 3.63) is 47.0 Å². The summed E-state index contributed by atoms with van der Waals surface area (Å²) in [6.07, 6.45) is 0. The van der Waals surface area contributed by atoms with Crippen LogP contribution in [0.4, 0.5) is 0 Å². The van der Waals surface area contributed by atoms with Crippen LogP contribution in [0.5, 0.6) is 0 Å². The molecule has 3 aromatic rings. The number of thiophene rings is 1. The Labute approximate surface area is 152 Å². The summed E-state index contributed by atoms with van der Waals surface area (Å²) >= 11 is 1.50. The van der Waals surface area contributed by atoms with E-state index in [4.69, 9.17) is 0 Å². The third-order valence-electron chi connectivity index (χ3n) is 4.53. The Morgan fingerprint density at radius 2 is 1.96 bits per heavy atom. The lowest BCUT2D eigenvalue weighted by atomic mass is 10.3. The minimum atomic E-state index is 0.00627. The van der Waals surface area contributed by atoms with Crippen molar-refractivity contribution in [2.75, 3.05) is 26.2 Å². The molecular formula is C19H25N4OS+. The fourth-order valence-electron chi connectivity index (χ4n) is 2.95. The quantitative estimate of drug-likeness (QED) is 0.680. The molecule has 5 nitrogen and oxygen atoms in total.